The molecule has 2 aromatic rings. The highest BCUT2D eigenvalue weighted by Gasteiger charge is 2.38. The van der Waals surface area contributed by atoms with Crippen LogP contribution in [0.4, 0.5) is 4.79 Å². The largest absolute Gasteiger partial charge is 0.480 e. The Hall–Kier alpha value is -3.43. The van der Waals surface area contributed by atoms with Gasteiger partial charge in [0.2, 0.25) is 5.91 Å². The molecule has 3 N–H and O–H groups in total. The fourth-order valence-electron chi connectivity index (χ4n) is 4.68. The van der Waals surface area contributed by atoms with E-state index in [1.807, 2.05) is 48.5 Å². The van der Waals surface area contributed by atoms with E-state index in [9.17, 15) is 24.6 Å². The molecular formula is C25H28N2O7. The van der Waals surface area contributed by atoms with Crippen LogP contribution in [0.5, 0.6) is 0 Å². The second-order valence-corrected chi connectivity index (χ2v) is 8.51. The minimum absolute atomic E-state index is 0.0825. The molecule has 34 heavy (non-hydrogen) atoms. The summed E-state index contributed by atoms with van der Waals surface area (Å²) < 4.78 is 10.7. The van der Waals surface area contributed by atoms with Gasteiger partial charge in [-0.2, -0.15) is 0 Å². The van der Waals surface area contributed by atoms with Crippen LogP contribution in [0.3, 0.4) is 0 Å². The Balaban J connectivity index is 1.28. The number of hydrogen-bond acceptors (Lipinski definition) is 6. The summed E-state index contributed by atoms with van der Waals surface area (Å²) in [5.41, 5.74) is 4.43. The highest BCUT2D eigenvalue weighted by Crippen LogP contribution is 2.44. The van der Waals surface area contributed by atoms with E-state index in [0.717, 1.165) is 22.3 Å². The van der Waals surface area contributed by atoms with Crippen LogP contribution in [0, 0.1) is 0 Å². The average molecular weight is 469 g/mol. The number of morpholine rings is 1. The lowest BCUT2D eigenvalue weighted by Gasteiger charge is -2.37. The first-order valence-electron chi connectivity index (χ1n) is 11.3. The number of nitrogens with zero attached hydrogens (tertiary/aromatic N) is 1. The van der Waals surface area contributed by atoms with Crippen molar-refractivity contribution < 1.29 is 34.1 Å². The van der Waals surface area contributed by atoms with E-state index in [0.29, 0.717) is 0 Å². The Morgan fingerprint density at radius 2 is 1.74 bits per heavy atom. The van der Waals surface area contributed by atoms with Crippen LogP contribution < -0.4 is 5.32 Å². The highest BCUT2D eigenvalue weighted by molar-refractivity contribution is 5.84. The molecule has 0 bridgehead atoms. The zero-order chi connectivity index (χ0) is 24.2. The summed E-state index contributed by atoms with van der Waals surface area (Å²) in [6.07, 6.45) is -2.84. The Kier molecular flexibility index (Phi) is 7.14. The third-order valence-corrected chi connectivity index (χ3v) is 6.30. The van der Waals surface area contributed by atoms with Gasteiger partial charge in [0, 0.05) is 19.0 Å². The second kappa shape index (κ2) is 10.2. The lowest BCUT2D eigenvalue weighted by molar-refractivity contribution is -0.165. The number of benzene rings is 2. The van der Waals surface area contributed by atoms with Crippen LogP contribution in [-0.2, 0) is 19.1 Å². The van der Waals surface area contributed by atoms with Crippen LogP contribution >= 0.6 is 0 Å². The van der Waals surface area contributed by atoms with Crippen molar-refractivity contribution in [1.29, 1.82) is 0 Å². The van der Waals surface area contributed by atoms with E-state index < -0.39 is 36.2 Å². The van der Waals surface area contributed by atoms with Crippen molar-refractivity contribution in [3.8, 4) is 11.1 Å². The van der Waals surface area contributed by atoms with E-state index >= 15 is 0 Å². The zero-order valence-corrected chi connectivity index (χ0v) is 18.8. The first-order chi connectivity index (χ1) is 16.4. The van der Waals surface area contributed by atoms with E-state index in [2.05, 4.69) is 5.32 Å². The monoisotopic (exact) mass is 468 g/mol. The molecular weight excluding hydrogens is 440 g/mol. The maximum atomic E-state index is 12.6. The van der Waals surface area contributed by atoms with Crippen molar-refractivity contribution in [2.24, 2.45) is 0 Å². The lowest BCUT2D eigenvalue weighted by atomic mass is 9.98. The molecule has 180 valence electrons. The fraction of sp³-hybridized carbons (Fsp3) is 0.400. The molecule has 1 fully saturated rings. The van der Waals surface area contributed by atoms with E-state index in [4.69, 9.17) is 9.47 Å². The number of carboxylic acid groups (broad SMARTS) is 1. The SMILES string of the molecule is CC1OCCN(C(=O)CC(O)CNC(=O)OCC2c3ccccc3-c3ccccc32)C1C(=O)O. The highest BCUT2D eigenvalue weighted by atomic mass is 16.5. The zero-order valence-electron chi connectivity index (χ0n) is 18.8. The minimum atomic E-state index is -1.18. The molecule has 0 aromatic heterocycles. The minimum Gasteiger partial charge on any atom is -0.480 e. The summed E-state index contributed by atoms with van der Waals surface area (Å²) in [4.78, 5) is 37.5. The Labute approximate surface area is 197 Å². The number of nitrogens with one attached hydrogen (secondary N) is 1. The summed E-state index contributed by atoms with van der Waals surface area (Å²) in [5, 5.41) is 22.1. The predicted octanol–water partition coefficient (Wildman–Crippen LogP) is 1.98. The number of hydrogen-bond donors (Lipinski definition) is 3. The number of carboxylic acids is 1. The number of fused-ring (bicyclic) bond motifs is 3. The molecule has 3 atom stereocenters. The molecule has 1 aliphatic heterocycles. The first kappa shape index (κ1) is 23.7. The predicted molar refractivity (Wildman–Crippen MR) is 122 cm³/mol. The summed E-state index contributed by atoms with van der Waals surface area (Å²) in [6.45, 7) is 1.89. The molecule has 4 rings (SSSR count). The van der Waals surface area contributed by atoms with Crippen LogP contribution in [0.1, 0.15) is 30.4 Å². The van der Waals surface area contributed by atoms with Gasteiger partial charge >= 0.3 is 12.1 Å². The van der Waals surface area contributed by atoms with Crippen molar-refractivity contribution in [3.63, 3.8) is 0 Å². The molecule has 0 radical (unpaired) electrons. The van der Waals surface area contributed by atoms with Crippen molar-refractivity contribution in [2.75, 3.05) is 26.3 Å². The number of rotatable bonds is 7. The van der Waals surface area contributed by atoms with Gasteiger partial charge in [-0.15, -0.1) is 0 Å². The number of aliphatic hydroxyl groups is 1. The summed E-state index contributed by atoms with van der Waals surface area (Å²) >= 11 is 0. The average Bonchev–Trinajstić information content (AvgIpc) is 3.14. The van der Waals surface area contributed by atoms with Gasteiger partial charge in [-0.1, -0.05) is 48.5 Å². The second-order valence-electron chi connectivity index (χ2n) is 8.51. The summed E-state index contributed by atoms with van der Waals surface area (Å²) in [7, 11) is 0. The third kappa shape index (κ3) is 4.90. The molecule has 1 aliphatic carbocycles. The maximum Gasteiger partial charge on any atom is 0.407 e. The Morgan fingerprint density at radius 1 is 1.12 bits per heavy atom. The van der Waals surface area contributed by atoms with E-state index in [-0.39, 0.29) is 38.6 Å². The molecule has 9 heteroatoms. The molecule has 2 aromatic carbocycles. The lowest BCUT2D eigenvalue weighted by Crippen LogP contribution is -2.57. The van der Waals surface area contributed by atoms with E-state index in [1.54, 1.807) is 6.92 Å². The molecule has 1 heterocycles. The quantitative estimate of drug-likeness (QED) is 0.567. The van der Waals surface area contributed by atoms with Gasteiger partial charge < -0.3 is 29.9 Å². The van der Waals surface area contributed by atoms with Crippen LogP contribution in [-0.4, -0.2) is 77.6 Å². The van der Waals surface area contributed by atoms with Crippen LogP contribution in [0.15, 0.2) is 48.5 Å². The number of aliphatic hydroxyl groups excluding tert-OH is 1. The number of carbonyl (C=O) groups is 3. The van der Waals surface area contributed by atoms with Crippen molar-refractivity contribution in [2.45, 2.75) is 37.5 Å². The van der Waals surface area contributed by atoms with Gasteiger partial charge in [0.1, 0.15) is 6.61 Å². The van der Waals surface area contributed by atoms with Gasteiger partial charge in [-0.25, -0.2) is 9.59 Å². The molecule has 0 spiro atoms. The standard InChI is InChI=1S/C25H28N2O7/c1-15-23(24(30)31)27(10-11-33-15)22(29)12-16(28)13-26-25(32)34-14-21-19-8-4-2-6-17(19)18-7-3-5-9-20(18)21/h2-9,15-16,21,23,28H,10-14H2,1H3,(H,26,32)(H,30,31). The van der Waals surface area contributed by atoms with Crippen molar-refractivity contribution in [3.05, 3.63) is 59.7 Å². The Bertz CT molecular complexity index is 1030. The number of alkyl carbamates (subject to hydrolysis) is 1. The van der Waals surface area contributed by atoms with Crippen LogP contribution in [0.2, 0.25) is 0 Å². The topological polar surface area (TPSA) is 125 Å². The summed E-state index contributed by atoms with van der Waals surface area (Å²) in [6, 6.07) is 14.9. The molecule has 0 saturated carbocycles. The van der Waals surface area contributed by atoms with Gasteiger partial charge in [-0.3, -0.25) is 4.79 Å². The first-order valence-corrected chi connectivity index (χ1v) is 11.3. The number of carbonyl (C=O) groups excluding carboxylic acids is 2. The molecule has 3 unspecified atom stereocenters. The van der Waals surface area contributed by atoms with Gasteiger partial charge in [0.15, 0.2) is 6.04 Å². The van der Waals surface area contributed by atoms with Gasteiger partial charge in [0.25, 0.3) is 0 Å². The third-order valence-electron chi connectivity index (χ3n) is 6.30. The van der Waals surface area contributed by atoms with Crippen molar-refractivity contribution in [1.82, 2.24) is 10.2 Å². The fourth-order valence-corrected chi connectivity index (χ4v) is 4.68. The number of ether oxygens (including phenoxy) is 2. The number of aliphatic carboxylic acids is 1. The maximum absolute atomic E-state index is 12.6. The molecule has 2 aliphatic rings. The molecule has 2 amide bonds. The van der Waals surface area contributed by atoms with Gasteiger partial charge in [0.05, 0.1) is 25.2 Å². The molecule has 1 saturated heterocycles. The normalized spacial score (nSPS) is 20.2. The van der Waals surface area contributed by atoms with Crippen molar-refractivity contribution >= 4 is 18.0 Å². The van der Waals surface area contributed by atoms with Crippen LogP contribution in [0.25, 0.3) is 11.1 Å². The smallest absolute Gasteiger partial charge is 0.407 e. The Morgan fingerprint density at radius 3 is 2.35 bits per heavy atom. The molecule has 9 nitrogen and oxygen atoms in total. The summed E-state index contributed by atoms with van der Waals surface area (Å²) in [5.74, 6) is -1.75. The van der Waals surface area contributed by atoms with Gasteiger partial charge in [-0.05, 0) is 29.2 Å². The number of amides is 2. The van der Waals surface area contributed by atoms with E-state index in [1.165, 1.54) is 4.90 Å².